The fourth-order valence-corrected chi connectivity index (χ4v) is 19.8. The van der Waals surface area contributed by atoms with Gasteiger partial charge in [0.05, 0.1) is 113 Å². The second-order valence-electron chi connectivity index (χ2n) is 40.4. The van der Waals surface area contributed by atoms with Crippen LogP contribution < -0.4 is 34.4 Å². The maximum atomic E-state index is 12.8. The Bertz CT molecular complexity index is 5490. The van der Waals surface area contributed by atoms with Crippen molar-refractivity contribution in [2.45, 2.75) is 298 Å². The first-order chi connectivity index (χ1) is 65.8. The van der Waals surface area contributed by atoms with E-state index in [0.29, 0.717) is 50.0 Å². The number of nitrogens with one attached hydrogen (secondary N) is 2. The van der Waals surface area contributed by atoms with Crippen LogP contribution >= 0.6 is 0 Å². The predicted octanol–water partition coefficient (Wildman–Crippen LogP) is 5.01. The number of hydrogen-bond donors (Lipinski definition) is 17. The normalized spacial score (nSPS) is 27.3. The second-order valence-corrected chi connectivity index (χ2v) is 40.4. The molecule has 23 N–H and O–H groups in total. The van der Waals surface area contributed by atoms with E-state index in [2.05, 4.69) is 78.0 Å². The number of rotatable bonds is 30. The zero-order chi connectivity index (χ0) is 102. The zero-order valence-corrected chi connectivity index (χ0v) is 82.7. The first kappa shape index (κ1) is 112. The average Bonchev–Trinajstić information content (AvgIpc) is 1.59. The number of hydrogen-bond acceptors (Lipinski definition) is 37. The molecule has 8 aliphatic rings. The number of esters is 6. The Morgan fingerprint density at radius 2 is 0.679 bits per heavy atom. The van der Waals surface area contributed by atoms with Gasteiger partial charge in [0.15, 0.2) is 0 Å². The van der Waals surface area contributed by atoms with Crippen molar-refractivity contribution in [1.29, 1.82) is 0 Å². The predicted molar refractivity (Wildman–Crippen MR) is 521 cm³/mol. The van der Waals surface area contributed by atoms with E-state index in [9.17, 15) is 74.7 Å². The Hall–Kier alpha value is -10.1. The first-order valence-electron chi connectivity index (χ1n) is 48.6. The number of aromatic nitrogens is 12. The van der Waals surface area contributed by atoms with Crippen LogP contribution in [0.4, 0.5) is 0 Å². The minimum absolute atomic E-state index is 0. The summed E-state index contributed by atoms with van der Waals surface area (Å²) in [5, 5.41) is 93.7. The lowest BCUT2D eigenvalue weighted by Crippen LogP contribution is -2.46. The van der Waals surface area contributed by atoms with Crippen molar-refractivity contribution < 1.29 is 103 Å². The Morgan fingerprint density at radius 1 is 0.371 bits per heavy atom. The minimum Gasteiger partial charge on any atom is -0.464 e. The highest BCUT2D eigenvalue weighted by atomic mass is 16.6. The van der Waals surface area contributed by atoms with E-state index >= 15 is 0 Å². The molecular weight excluding hydrogens is 1800 g/mol. The fraction of sp³-hybridized carbons (Fsp3) is 0.644. The molecule has 39 heteroatoms. The van der Waals surface area contributed by atoms with Crippen LogP contribution in [0, 0.1) is 117 Å². The molecule has 39 nitrogen and oxygen atoms in total. The number of ether oxygens (including phenoxy) is 6. The van der Waals surface area contributed by atoms with Gasteiger partial charge in [-0.15, -0.1) is 0 Å². The molecule has 7 heterocycles. The second kappa shape index (κ2) is 49.3. The van der Waals surface area contributed by atoms with Crippen LogP contribution in [0.25, 0.3) is 38.8 Å². The smallest absolute Gasteiger partial charge is 0.323 e. The van der Waals surface area contributed by atoms with Crippen molar-refractivity contribution in [3.8, 4) is 0 Å². The topological polar surface area (TPSA) is 656 Å². The highest BCUT2D eigenvalue weighted by molar-refractivity contribution is 5.84. The molecule has 15 rings (SSSR count). The third-order valence-corrected chi connectivity index (χ3v) is 29.2. The summed E-state index contributed by atoms with van der Waals surface area (Å²) in [6.45, 7) is 31.8. The number of H-pyrrole nitrogens is 2. The monoisotopic (exact) mass is 1950 g/mol. The standard InChI is InChI=1S/C23H35N5O5.2C20H29N3O4.C19H27N3O4.C18H26N4O4.CH4/c1-10(2)16(24)22(30)32-20-13(8-29)6-14(21(20)33-23(31)17(25)11(3)4)15-7-26-18-12(5)27-9-28-19(15)18;1-10(2)6-16(21)20(26)27-8-12-7-15(19(25)18(12)24)14-5-4-13-11(3)22-9-23-17(13)14;1-4-10(2)16(21)20(26)27-8-12-7-15(19(25)18(12)24)14-6-5-13-11(3)22-9-23-17(13)14;1-9(2)15(20)19(25)26-7-11-6-14(18(24)17(11)23)13-5-4-12-10(3)21-8-22-16(12)13;1-8(2)13(19)18(25)26-17-10(6-23)4-11(16(17)24)12-5-20-14-9(3)21-7-22-15(12)14;/h7,9-11,13-14,16-17,20-21,26,29H,6,8,24-25H2,1-5H3;5,9-10,12,15-16,18-19,24-25H,4,6-8,21H2,1-3H3;6,9-10,12,15-16,18-19,24-25H,4-5,7-8,21H2,1-3H3;5,8-9,11,14-15,17-18,23-24H,4,6-7,20H2,1-3H3;5,7-8,10-11,13,16-17,20,23-24H,4,6,19H2,1-3H3;1H4/t13-,14+,16+,17+,20-,21+;12-,15+,16+,18-,19+;10?,12-,15+,16+,18-,19+;11-,14+,15+,17-,18+;10-,11+,13+,16+,17-;/m11111./s1. The van der Waals surface area contributed by atoms with E-state index in [1.165, 1.54) is 31.6 Å². The minimum atomic E-state index is -0.949. The van der Waals surface area contributed by atoms with E-state index in [4.69, 9.17) is 62.8 Å². The molecule has 7 aromatic heterocycles. The Kier molecular flexibility index (Phi) is 39.4. The molecule has 1 unspecified atom stereocenters. The fourth-order valence-electron chi connectivity index (χ4n) is 19.8. The summed E-state index contributed by atoms with van der Waals surface area (Å²) in [6.07, 6.45) is 14.3. The Morgan fingerprint density at radius 3 is 1.04 bits per heavy atom. The average molecular weight is 1950 g/mol. The molecule has 0 saturated heterocycles. The van der Waals surface area contributed by atoms with E-state index in [0.717, 1.165) is 132 Å². The number of aromatic amines is 2. The van der Waals surface area contributed by atoms with E-state index < -0.39 is 139 Å². The molecule has 8 aliphatic carbocycles. The quantitative estimate of drug-likeness (QED) is 0.0208. The van der Waals surface area contributed by atoms with Crippen LogP contribution in [0.5, 0.6) is 0 Å². The first-order valence-corrected chi connectivity index (χ1v) is 48.6. The van der Waals surface area contributed by atoms with Gasteiger partial charge in [-0.2, -0.15) is 0 Å². The third-order valence-electron chi connectivity index (χ3n) is 29.2. The van der Waals surface area contributed by atoms with Crippen LogP contribution in [0.1, 0.15) is 221 Å². The number of aryl methyl sites for hydroxylation is 5. The van der Waals surface area contributed by atoms with E-state index in [1.54, 1.807) is 12.4 Å². The van der Waals surface area contributed by atoms with Crippen molar-refractivity contribution in [2.24, 2.45) is 117 Å². The van der Waals surface area contributed by atoms with E-state index in [-0.39, 0.29) is 123 Å². The van der Waals surface area contributed by atoms with Gasteiger partial charge in [-0.25, -0.2) is 49.8 Å². The van der Waals surface area contributed by atoms with Crippen molar-refractivity contribution in [1.82, 2.24) is 59.8 Å². The van der Waals surface area contributed by atoms with Crippen molar-refractivity contribution in [3.63, 3.8) is 0 Å². The molecule has 770 valence electrons. The van der Waals surface area contributed by atoms with Gasteiger partial charge >= 0.3 is 35.8 Å². The molecule has 27 atom stereocenters. The zero-order valence-electron chi connectivity index (χ0n) is 82.7. The molecule has 0 bridgehead atoms. The SMILES string of the molecule is C.CCC(C)[C@H](N)C(=O)OC[C@H]1C[C@@H](C2=CCc3c(C)ncnc32)[C@H](O)[C@@H]1O.Cc1ncnc2c([C@@H]3C[C@H](CO)[C@@H](OC(=O)[C@@H](N)C(C)C)[C@H]3O)c[nH]c12.Cc1ncnc2c([C@@H]3C[C@H](CO)[C@@H](OC(=O)[C@@H](N)C(C)C)[C@H]3OC(=O)[C@@H](N)C(C)C)c[nH]c12.Cc1ncnc2c1CC=C2[C@@H]1C[C@H](COC(=O)[C@@H](N)C(C)C)[C@@H](O)[C@H]1O.Cc1ncnc2c1CC=C2[C@@H]1C[C@H](COC(=O)[C@@H](N)CC(C)C)[C@@H](O)[C@H]1O. The molecule has 5 saturated carbocycles. The number of nitrogens with two attached hydrogens (primary N) is 6. The number of fused-ring (bicyclic) bond motifs is 5. The van der Waals surface area contributed by atoms with Crippen LogP contribution in [0.15, 0.2) is 62.3 Å². The largest absolute Gasteiger partial charge is 0.464 e. The molecule has 5 fully saturated rings. The molecule has 0 amide bonds. The molecule has 0 spiro atoms. The number of aliphatic hydroxyl groups is 9. The summed E-state index contributed by atoms with van der Waals surface area (Å²) in [5.41, 5.74) is 53.1. The van der Waals surface area contributed by atoms with E-state index in [1.807, 2.05) is 118 Å². The van der Waals surface area contributed by atoms with Gasteiger partial charge in [0.25, 0.3) is 0 Å². The molecule has 0 radical (unpaired) electrons. The number of aliphatic hydroxyl groups excluding tert-OH is 9. The lowest BCUT2D eigenvalue weighted by molar-refractivity contribution is -0.172. The van der Waals surface area contributed by atoms with Crippen molar-refractivity contribution in [2.75, 3.05) is 33.0 Å². The summed E-state index contributed by atoms with van der Waals surface area (Å²) >= 11 is 0. The number of carbonyl (C=O) groups is 6. The highest BCUT2D eigenvalue weighted by Gasteiger charge is 2.53. The lowest BCUT2D eigenvalue weighted by atomic mass is 9.93. The van der Waals surface area contributed by atoms with Gasteiger partial charge < -0.3 is 119 Å². The van der Waals surface area contributed by atoms with Gasteiger partial charge in [-0.1, -0.05) is 115 Å². The maximum Gasteiger partial charge on any atom is 0.323 e. The van der Waals surface area contributed by atoms with Crippen LogP contribution in [-0.2, 0) is 76.5 Å². The third kappa shape index (κ3) is 25.2. The van der Waals surface area contributed by atoms with Crippen molar-refractivity contribution >= 4 is 74.6 Å². The Labute approximate surface area is 817 Å². The summed E-state index contributed by atoms with van der Waals surface area (Å²) in [5.74, 6) is -6.30. The summed E-state index contributed by atoms with van der Waals surface area (Å²) in [6, 6.07) is -4.43. The number of allylic oxidation sites excluding steroid dienone is 3. The maximum absolute atomic E-state index is 12.8. The van der Waals surface area contributed by atoms with Gasteiger partial charge in [0, 0.05) is 130 Å². The van der Waals surface area contributed by atoms with Gasteiger partial charge in [-0.3, -0.25) is 28.8 Å². The summed E-state index contributed by atoms with van der Waals surface area (Å²) in [4.78, 5) is 123. The lowest BCUT2D eigenvalue weighted by Gasteiger charge is -2.29. The van der Waals surface area contributed by atoms with Gasteiger partial charge in [0.1, 0.15) is 86.2 Å². The van der Waals surface area contributed by atoms with Crippen LogP contribution in [-0.4, -0.2) is 272 Å². The molecule has 0 aliphatic heterocycles. The van der Waals surface area contributed by atoms with Crippen LogP contribution in [0.3, 0.4) is 0 Å². The molecule has 140 heavy (non-hydrogen) atoms. The van der Waals surface area contributed by atoms with Crippen LogP contribution in [0.2, 0.25) is 0 Å². The van der Waals surface area contributed by atoms with Crippen molar-refractivity contribution in [3.05, 3.63) is 136 Å². The summed E-state index contributed by atoms with van der Waals surface area (Å²) in [7, 11) is 0. The summed E-state index contributed by atoms with van der Waals surface area (Å²) < 4.78 is 33.1. The number of carbonyl (C=O) groups excluding carboxylic acids is 6. The molecule has 0 aromatic carbocycles. The molecule has 7 aromatic rings. The molecular formula is C101H150N18O21. The number of nitrogens with zero attached hydrogens (tertiary/aromatic N) is 10. The Balaban J connectivity index is 0.000000180. The van der Waals surface area contributed by atoms with Gasteiger partial charge in [-0.05, 0) is 145 Å². The van der Waals surface area contributed by atoms with Gasteiger partial charge in [0.2, 0.25) is 0 Å². The highest BCUT2D eigenvalue weighted by Crippen LogP contribution is 2.50.